The Hall–Kier alpha value is -2.60. The smallest absolute Gasteiger partial charge is 0.257 e. The molecule has 0 aliphatic rings. The summed E-state index contributed by atoms with van der Waals surface area (Å²) in [5, 5.41) is 8.82. The number of carbonyl (C=O) groups is 1. The predicted molar refractivity (Wildman–Crippen MR) is 89.8 cm³/mol. The molecule has 0 saturated heterocycles. The van der Waals surface area contributed by atoms with Crippen molar-refractivity contribution in [2.45, 2.75) is 20.0 Å². The lowest BCUT2D eigenvalue weighted by molar-refractivity contribution is 0.0782. The number of halogens is 1. The molecule has 0 unspecified atom stereocenters. The second-order valence-electron chi connectivity index (χ2n) is 5.61. The van der Waals surface area contributed by atoms with Crippen LogP contribution >= 0.6 is 11.6 Å². The van der Waals surface area contributed by atoms with Gasteiger partial charge in [0.05, 0.1) is 24.8 Å². The van der Waals surface area contributed by atoms with Crippen LogP contribution < -0.4 is 0 Å². The van der Waals surface area contributed by atoms with E-state index in [4.69, 9.17) is 16.1 Å². The van der Waals surface area contributed by atoms with E-state index < -0.39 is 0 Å². The van der Waals surface area contributed by atoms with E-state index in [1.807, 2.05) is 37.3 Å². The minimum atomic E-state index is -0.124. The van der Waals surface area contributed by atoms with Crippen molar-refractivity contribution in [2.24, 2.45) is 0 Å². The van der Waals surface area contributed by atoms with E-state index in [1.54, 1.807) is 29.0 Å². The van der Waals surface area contributed by atoms with E-state index in [-0.39, 0.29) is 5.91 Å². The molecule has 0 N–H and O–H groups in total. The van der Waals surface area contributed by atoms with Crippen molar-refractivity contribution in [1.82, 2.24) is 19.8 Å². The molecule has 24 heavy (non-hydrogen) atoms. The molecule has 0 atom stereocenters. The highest BCUT2D eigenvalue weighted by Gasteiger charge is 2.16. The van der Waals surface area contributed by atoms with Crippen molar-refractivity contribution in [2.75, 3.05) is 7.05 Å². The number of hydrogen-bond donors (Lipinski definition) is 0. The van der Waals surface area contributed by atoms with Gasteiger partial charge in [-0.25, -0.2) is 0 Å². The average molecular weight is 345 g/mol. The molecule has 0 radical (unpaired) electrons. The summed E-state index contributed by atoms with van der Waals surface area (Å²) < 4.78 is 6.71. The molecule has 1 aromatic carbocycles. The van der Waals surface area contributed by atoms with E-state index >= 15 is 0 Å². The quantitative estimate of drug-likeness (QED) is 0.713. The Balaban J connectivity index is 1.68. The summed E-state index contributed by atoms with van der Waals surface area (Å²) in [6.07, 6.45) is 3.28. The summed E-state index contributed by atoms with van der Waals surface area (Å²) in [6, 6.07) is 9.38. The van der Waals surface area contributed by atoms with Gasteiger partial charge in [0.25, 0.3) is 5.91 Å². The first-order valence-electron chi connectivity index (χ1n) is 7.46. The number of carbonyl (C=O) groups excluding carboxylic acids is 1. The molecule has 124 valence electrons. The fraction of sp³-hybridized carbons (Fsp3) is 0.235. The van der Waals surface area contributed by atoms with Crippen LogP contribution in [-0.4, -0.2) is 32.8 Å². The Labute approximate surface area is 144 Å². The number of aryl methyl sites for hydroxylation is 1. The highest BCUT2D eigenvalue weighted by Crippen LogP contribution is 2.16. The summed E-state index contributed by atoms with van der Waals surface area (Å²) in [7, 11) is 1.72. The number of hydrogen-bond acceptors (Lipinski definition) is 4. The monoisotopic (exact) mass is 344 g/mol. The molecule has 1 amide bonds. The first-order valence-corrected chi connectivity index (χ1v) is 7.84. The third-order valence-electron chi connectivity index (χ3n) is 3.59. The summed E-state index contributed by atoms with van der Waals surface area (Å²) in [4.78, 5) is 14.1. The van der Waals surface area contributed by atoms with Crippen LogP contribution in [0.25, 0.3) is 0 Å². The van der Waals surface area contributed by atoms with Crippen molar-refractivity contribution in [3.8, 4) is 0 Å². The number of aromatic nitrogens is 3. The van der Waals surface area contributed by atoms with Crippen LogP contribution in [0.2, 0.25) is 5.02 Å². The fourth-order valence-electron chi connectivity index (χ4n) is 2.39. The maximum absolute atomic E-state index is 12.5. The van der Waals surface area contributed by atoms with Gasteiger partial charge in [-0.3, -0.25) is 9.48 Å². The topological polar surface area (TPSA) is 64.2 Å². The van der Waals surface area contributed by atoms with Crippen molar-refractivity contribution in [1.29, 1.82) is 0 Å². The second kappa shape index (κ2) is 6.88. The molecule has 2 heterocycles. The lowest BCUT2D eigenvalue weighted by atomic mass is 10.2. The standard InChI is InChI=1S/C17H17ClN4O2/c1-12-7-15(20-24-12)11-21(2)17(23)14-8-19-22(10-14)9-13-5-3-4-6-16(13)18/h3-8,10H,9,11H2,1-2H3. The van der Waals surface area contributed by atoms with E-state index in [1.165, 1.54) is 0 Å². The number of benzene rings is 1. The van der Waals surface area contributed by atoms with Crippen LogP contribution in [0.4, 0.5) is 0 Å². The number of nitrogens with zero attached hydrogens (tertiary/aromatic N) is 4. The summed E-state index contributed by atoms with van der Waals surface area (Å²) in [6.45, 7) is 2.71. The first kappa shape index (κ1) is 16.3. The molecule has 6 nitrogen and oxygen atoms in total. The lowest BCUT2D eigenvalue weighted by Crippen LogP contribution is -2.26. The third kappa shape index (κ3) is 3.65. The van der Waals surface area contributed by atoms with Gasteiger partial charge in [0, 0.05) is 24.3 Å². The number of amides is 1. The predicted octanol–water partition coefficient (Wildman–Crippen LogP) is 3.15. The Kier molecular flexibility index (Phi) is 4.66. The zero-order valence-electron chi connectivity index (χ0n) is 13.4. The molecular formula is C17H17ClN4O2. The minimum Gasteiger partial charge on any atom is -0.361 e. The Bertz CT molecular complexity index is 856. The van der Waals surface area contributed by atoms with E-state index in [9.17, 15) is 4.79 Å². The van der Waals surface area contributed by atoms with Crippen molar-refractivity contribution in [3.63, 3.8) is 0 Å². The van der Waals surface area contributed by atoms with Gasteiger partial charge in [-0.1, -0.05) is 35.0 Å². The zero-order valence-corrected chi connectivity index (χ0v) is 14.2. The van der Waals surface area contributed by atoms with Gasteiger partial charge >= 0.3 is 0 Å². The highest BCUT2D eigenvalue weighted by atomic mass is 35.5. The zero-order chi connectivity index (χ0) is 17.1. The van der Waals surface area contributed by atoms with Gasteiger partial charge in [-0.2, -0.15) is 5.10 Å². The molecule has 0 saturated carbocycles. The molecule has 0 aliphatic heterocycles. The van der Waals surface area contributed by atoms with Crippen LogP contribution in [-0.2, 0) is 13.1 Å². The maximum Gasteiger partial charge on any atom is 0.257 e. The Morgan fingerprint density at radius 2 is 2.17 bits per heavy atom. The average Bonchev–Trinajstić information content (AvgIpc) is 3.18. The van der Waals surface area contributed by atoms with Crippen molar-refractivity contribution in [3.05, 3.63) is 70.3 Å². The molecule has 3 rings (SSSR count). The van der Waals surface area contributed by atoms with Gasteiger partial charge in [-0.15, -0.1) is 0 Å². The number of rotatable bonds is 5. The molecule has 3 aromatic rings. The van der Waals surface area contributed by atoms with Crippen LogP contribution in [0, 0.1) is 6.92 Å². The molecule has 0 spiro atoms. The van der Waals surface area contributed by atoms with E-state index in [0.29, 0.717) is 29.4 Å². The summed E-state index contributed by atoms with van der Waals surface area (Å²) in [5.41, 5.74) is 2.18. The minimum absolute atomic E-state index is 0.124. The normalized spacial score (nSPS) is 10.8. The molecule has 2 aromatic heterocycles. The van der Waals surface area contributed by atoms with Gasteiger partial charge in [0.1, 0.15) is 11.5 Å². The van der Waals surface area contributed by atoms with Gasteiger partial charge in [0.2, 0.25) is 0 Å². The van der Waals surface area contributed by atoms with Crippen LogP contribution in [0.3, 0.4) is 0 Å². The van der Waals surface area contributed by atoms with E-state index in [2.05, 4.69) is 10.3 Å². The first-order chi connectivity index (χ1) is 11.5. The molecular weight excluding hydrogens is 328 g/mol. The largest absolute Gasteiger partial charge is 0.361 e. The summed E-state index contributed by atoms with van der Waals surface area (Å²) in [5.74, 6) is 0.597. The van der Waals surface area contributed by atoms with Gasteiger partial charge < -0.3 is 9.42 Å². The SMILES string of the molecule is Cc1cc(CN(C)C(=O)c2cnn(Cc3ccccc3Cl)c2)no1. The Morgan fingerprint density at radius 1 is 1.38 bits per heavy atom. The van der Waals surface area contributed by atoms with Gasteiger partial charge in [-0.05, 0) is 18.6 Å². The third-order valence-corrected chi connectivity index (χ3v) is 3.96. The Morgan fingerprint density at radius 3 is 2.88 bits per heavy atom. The molecule has 7 heteroatoms. The second-order valence-corrected chi connectivity index (χ2v) is 6.02. The molecule has 0 bridgehead atoms. The van der Waals surface area contributed by atoms with Crippen LogP contribution in [0.5, 0.6) is 0 Å². The van der Waals surface area contributed by atoms with Crippen molar-refractivity contribution >= 4 is 17.5 Å². The summed E-state index contributed by atoms with van der Waals surface area (Å²) >= 11 is 6.15. The lowest BCUT2D eigenvalue weighted by Gasteiger charge is -2.14. The van der Waals surface area contributed by atoms with E-state index in [0.717, 1.165) is 11.3 Å². The fourth-order valence-corrected chi connectivity index (χ4v) is 2.58. The maximum atomic E-state index is 12.5. The van der Waals surface area contributed by atoms with Crippen molar-refractivity contribution < 1.29 is 9.32 Å². The van der Waals surface area contributed by atoms with Crippen LogP contribution in [0.15, 0.2) is 47.2 Å². The van der Waals surface area contributed by atoms with Gasteiger partial charge in [0.15, 0.2) is 0 Å². The van der Waals surface area contributed by atoms with Crippen LogP contribution in [0.1, 0.15) is 27.4 Å². The molecule has 0 fully saturated rings. The highest BCUT2D eigenvalue weighted by molar-refractivity contribution is 6.31. The molecule has 0 aliphatic carbocycles.